The van der Waals surface area contributed by atoms with Gasteiger partial charge in [0.1, 0.15) is 13.1 Å². The molecule has 3 unspecified atom stereocenters. The summed E-state index contributed by atoms with van der Waals surface area (Å²) < 4.78 is 1.05. The number of aliphatic carboxylic acids is 1. The molecule has 3 N–H and O–H groups in total. The quantitative estimate of drug-likeness (QED) is 0.116. The Labute approximate surface area is 301 Å². The third-order valence-corrected chi connectivity index (χ3v) is 4.86. The van der Waals surface area contributed by atoms with Gasteiger partial charge >= 0.3 is 29.6 Å². The molecule has 43 heavy (non-hydrogen) atoms. The summed E-state index contributed by atoms with van der Waals surface area (Å²) in [4.78, 5) is 24.1. The first kappa shape index (κ1) is 104. The Balaban J connectivity index is -0.0000000347. The van der Waals surface area contributed by atoms with Gasteiger partial charge in [0, 0.05) is 17.3 Å². The predicted octanol–water partition coefficient (Wildman–Crippen LogP) is 4.68. The van der Waals surface area contributed by atoms with Crippen molar-refractivity contribution in [3.8, 4) is 0 Å². The van der Waals surface area contributed by atoms with Gasteiger partial charge < -0.3 is 49.3 Å². The molecule has 0 bridgehead atoms. The predicted molar refractivity (Wildman–Crippen MR) is 200 cm³/mol. The normalized spacial score (nSPS) is 10.7. The number of carbonyl (C=O) groups excluding carboxylic acids is 2. The van der Waals surface area contributed by atoms with Crippen LogP contribution in [0.1, 0.15) is 129 Å². The Morgan fingerprint density at radius 3 is 1.37 bits per heavy atom. The maximum Gasteiger partial charge on any atom is 1.00 e. The number of carboxylic acids is 1. The zero-order chi connectivity index (χ0) is 22.3. The van der Waals surface area contributed by atoms with Crippen LogP contribution in [-0.4, -0.2) is 98.3 Å². The fraction of sp³-hybridized carbons (Fsp3) is 0.882. The van der Waals surface area contributed by atoms with Crippen molar-refractivity contribution in [2.45, 2.75) is 141 Å². The Bertz CT molecular complexity index is 527. The van der Waals surface area contributed by atoms with E-state index in [4.69, 9.17) is 0 Å². The standard InChI is InChI=1S/C20H41N3O5.12CH4.2CH3.Na/c1-9-16(24)10-15(18(26)27)11-20(2,3)19(28)21-14-23(7,8)13-17(25)12-22(4,5)6;;;;;;;;;;;;;;;/h15-17,24-25H,9-14H2,1-8H3;12*1H4;2*1H3;/q;;;;;;;;;;;;;2*-1;+1/p+1. The minimum Gasteiger partial charge on any atom is -0.550 e. The topological polar surface area (TPSA) is 110 Å². The van der Waals surface area contributed by atoms with Crippen molar-refractivity contribution >= 4 is 11.9 Å². The molecule has 8 nitrogen and oxygen atoms in total. The number of amides is 1. The van der Waals surface area contributed by atoms with Gasteiger partial charge in [-0.3, -0.25) is 4.79 Å². The van der Waals surface area contributed by atoms with Crippen LogP contribution in [0.2, 0.25) is 0 Å². The van der Waals surface area contributed by atoms with Crippen molar-refractivity contribution in [3.63, 3.8) is 0 Å². The molecule has 0 aliphatic carbocycles. The van der Waals surface area contributed by atoms with E-state index in [0.29, 0.717) is 35.1 Å². The molecule has 0 heterocycles. The SMILES string of the molecule is C.C.C.C.C.C.C.C.C.C.C.C.CCC(O)CC(CC(C)(C)C(=O)NC[N+](C)(C)CC(O)C[N+](C)(C)C)C(=O)[O-].[CH3-].[CH3-].[Na+]. The van der Waals surface area contributed by atoms with Crippen molar-refractivity contribution in [1.82, 2.24) is 5.32 Å². The summed E-state index contributed by atoms with van der Waals surface area (Å²) in [5, 5.41) is 34.4. The van der Waals surface area contributed by atoms with Crippen LogP contribution < -0.4 is 40.0 Å². The molecule has 0 saturated heterocycles. The Morgan fingerprint density at radius 1 is 0.744 bits per heavy atom. The molecular formula is C34H96N3NaO5. The summed E-state index contributed by atoms with van der Waals surface area (Å²) in [6.07, 6.45) is -0.597. The first-order valence-electron chi connectivity index (χ1n) is 9.97. The number of carbonyl (C=O) groups is 2. The van der Waals surface area contributed by atoms with Crippen molar-refractivity contribution in [3.05, 3.63) is 14.9 Å². The van der Waals surface area contributed by atoms with Crippen LogP contribution in [0.5, 0.6) is 0 Å². The number of nitrogens with one attached hydrogen (secondary N) is 1. The molecule has 0 spiro atoms. The first-order chi connectivity index (χ1) is 12.5. The van der Waals surface area contributed by atoms with E-state index in [2.05, 4.69) is 5.32 Å². The molecule has 0 aromatic rings. The molecular weight excluding hydrogens is 553 g/mol. The first-order valence-corrected chi connectivity index (χ1v) is 9.97. The second kappa shape index (κ2) is 43.9. The molecule has 0 rings (SSSR count). The van der Waals surface area contributed by atoms with Gasteiger partial charge in [-0.15, -0.1) is 0 Å². The minimum absolute atomic E-state index is 0. The zero-order valence-corrected chi connectivity index (χ0v) is 24.0. The Morgan fingerprint density at radius 2 is 1.09 bits per heavy atom. The van der Waals surface area contributed by atoms with Crippen LogP contribution in [0, 0.1) is 26.2 Å². The molecule has 0 aromatic heterocycles. The van der Waals surface area contributed by atoms with E-state index in [-0.39, 0.29) is 152 Å². The molecule has 1 amide bonds. The van der Waals surface area contributed by atoms with Gasteiger partial charge in [0.15, 0.2) is 12.8 Å². The molecule has 0 fully saturated rings. The third-order valence-electron chi connectivity index (χ3n) is 4.86. The van der Waals surface area contributed by atoms with E-state index in [0.717, 1.165) is 0 Å². The summed E-state index contributed by atoms with van der Waals surface area (Å²) >= 11 is 0. The van der Waals surface area contributed by atoms with Gasteiger partial charge in [-0.05, 0) is 19.3 Å². The van der Waals surface area contributed by atoms with E-state index in [1.807, 2.05) is 35.2 Å². The molecule has 3 atom stereocenters. The fourth-order valence-electron chi connectivity index (χ4n) is 3.32. The van der Waals surface area contributed by atoms with Crippen molar-refractivity contribution < 1.29 is 63.4 Å². The number of hydrogen-bond donors (Lipinski definition) is 3. The molecule has 9 heteroatoms. The van der Waals surface area contributed by atoms with Crippen molar-refractivity contribution in [2.24, 2.45) is 11.3 Å². The van der Waals surface area contributed by atoms with E-state index < -0.39 is 29.5 Å². The van der Waals surface area contributed by atoms with Gasteiger partial charge in [0.2, 0.25) is 5.91 Å². The average molecular weight is 650 g/mol. The van der Waals surface area contributed by atoms with Crippen LogP contribution in [-0.2, 0) is 9.59 Å². The summed E-state index contributed by atoms with van der Waals surface area (Å²) in [7, 11) is 9.88. The van der Waals surface area contributed by atoms with Crippen LogP contribution >= 0.6 is 0 Å². The minimum atomic E-state index is -1.24. The number of rotatable bonds is 13. The smallest absolute Gasteiger partial charge is 0.550 e. The van der Waals surface area contributed by atoms with E-state index >= 15 is 0 Å². The van der Waals surface area contributed by atoms with Crippen molar-refractivity contribution in [1.29, 1.82) is 0 Å². The molecule has 0 saturated carbocycles. The van der Waals surface area contributed by atoms with Crippen molar-refractivity contribution in [2.75, 3.05) is 55.0 Å². The number of carboxylic acid groups (broad SMARTS) is 1. The number of aliphatic hydroxyl groups is 2. The average Bonchev–Trinajstić information content (AvgIpc) is 2.48. The Hall–Kier alpha value is -0.220. The number of nitrogens with zero attached hydrogens (tertiary/aromatic N) is 2. The van der Waals surface area contributed by atoms with Gasteiger partial charge in [0.05, 0.1) is 41.3 Å². The van der Waals surface area contributed by atoms with E-state index in [1.54, 1.807) is 20.8 Å². The third kappa shape index (κ3) is 48.9. The summed E-state index contributed by atoms with van der Waals surface area (Å²) in [6.45, 7) is 6.59. The van der Waals surface area contributed by atoms with Gasteiger partial charge in [-0.25, -0.2) is 0 Å². The Kier molecular flexibility index (Phi) is 106. The zero-order valence-electron chi connectivity index (χ0n) is 22.0. The second-order valence-corrected chi connectivity index (χ2v) is 10.3. The number of quaternary nitrogens is 2. The van der Waals surface area contributed by atoms with Crippen LogP contribution in [0.15, 0.2) is 0 Å². The van der Waals surface area contributed by atoms with E-state index in [1.165, 1.54) is 0 Å². The van der Waals surface area contributed by atoms with Crippen LogP contribution in [0.4, 0.5) is 0 Å². The maximum absolute atomic E-state index is 12.7. The number of likely N-dealkylation sites (N-methyl/N-ethyl adjacent to an activating group) is 2. The largest absolute Gasteiger partial charge is 1.00 e. The number of hydrogen-bond acceptors (Lipinski definition) is 5. The molecule has 0 radical (unpaired) electrons. The monoisotopic (exact) mass is 650 g/mol. The summed E-state index contributed by atoms with van der Waals surface area (Å²) in [5.74, 6) is -2.38. The molecule has 0 aliphatic heterocycles. The van der Waals surface area contributed by atoms with Crippen LogP contribution in [0.25, 0.3) is 0 Å². The molecule has 278 valence electrons. The number of aliphatic hydroxyl groups excluding tert-OH is 2. The van der Waals surface area contributed by atoms with Gasteiger partial charge in [-0.1, -0.05) is 110 Å². The fourth-order valence-corrected chi connectivity index (χ4v) is 3.32. The van der Waals surface area contributed by atoms with Gasteiger partial charge in [-0.2, -0.15) is 0 Å². The molecule has 0 aliphatic rings. The second-order valence-electron chi connectivity index (χ2n) is 10.3. The summed E-state index contributed by atoms with van der Waals surface area (Å²) in [6, 6.07) is 0. The van der Waals surface area contributed by atoms with E-state index in [9.17, 15) is 24.9 Å². The molecule has 0 aromatic carbocycles. The maximum atomic E-state index is 12.7. The van der Waals surface area contributed by atoms with Gasteiger partial charge in [0.25, 0.3) is 0 Å². The summed E-state index contributed by atoms with van der Waals surface area (Å²) in [5.41, 5.74) is -0.918. The van der Waals surface area contributed by atoms with Crippen LogP contribution in [0.3, 0.4) is 0 Å².